The van der Waals surface area contributed by atoms with Gasteiger partial charge in [-0.2, -0.15) is 4.99 Å². The van der Waals surface area contributed by atoms with Gasteiger partial charge in [0.2, 0.25) is 15.9 Å². The van der Waals surface area contributed by atoms with Crippen LogP contribution in [0.3, 0.4) is 0 Å². The SMILES string of the molecule is Cn1cc(NS(=O)(=O)Cc2ccccc2)c(=O)n(CC(=O)NCc2ccc(/C(N)=N/C(=O)OCc3ccccc3)cc2)c1=O. The van der Waals surface area contributed by atoms with Gasteiger partial charge in [-0.15, -0.1) is 0 Å². The number of amidine groups is 1. The highest BCUT2D eigenvalue weighted by molar-refractivity contribution is 7.91. The van der Waals surface area contributed by atoms with Gasteiger partial charge in [0.1, 0.15) is 24.7 Å². The van der Waals surface area contributed by atoms with E-state index in [9.17, 15) is 27.6 Å². The molecule has 0 spiro atoms. The maximum Gasteiger partial charge on any atom is 0.435 e. The molecule has 4 N–H and O–H groups in total. The number of ether oxygens (including phenoxy) is 1. The summed E-state index contributed by atoms with van der Waals surface area (Å²) in [5, 5.41) is 2.61. The number of amides is 2. The minimum absolute atomic E-state index is 0.0480. The molecule has 0 unspecified atom stereocenters. The number of sulfonamides is 1. The van der Waals surface area contributed by atoms with Crippen LogP contribution in [0.25, 0.3) is 0 Å². The monoisotopic (exact) mass is 618 g/mol. The van der Waals surface area contributed by atoms with Crippen LogP contribution >= 0.6 is 0 Å². The van der Waals surface area contributed by atoms with E-state index in [1.165, 1.54) is 7.05 Å². The quantitative estimate of drug-likeness (QED) is 0.168. The van der Waals surface area contributed by atoms with Crippen molar-refractivity contribution in [3.63, 3.8) is 0 Å². The van der Waals surface area contributed by atoms with Crippen LogP contribution in [0.5, 0.6) is 0 Å². The van der Waals surface area contributed by atoms with E-state index >= 15 is 0 Å². The zero-order valence-electron chi connectivity index (χ0n) is 23.7. The molecule has 0 radical (unpaired) electrons. The Kier molecular flexibility index (Phi) is 10.1. The summed E-state index contributed by atoms with van der Waals surface area (Å²) < 4.78 is 34.3. The van der Waals surface area contributed by atoms with Crippen molar-refractivity contribution in [1.82, 2.24) is 14.5 Å². The largest absolute Gasteiger partial charge is 0.443 e. The van der Waals surface area contributed by atoms with Gasteiger partial charge in [0.05, 0.1) is 5.75 Å². The van der Waals surface area contributed by atoms with Crippen molar-refractivity contribution in [2.24, 2.45) is 17.8 Å². The van der Waals surface area contributed by atoms with Crippen molar-refractivity contribution in [2.75, 3.05) is 4.72 Å². The Hall–Kier alpha value is -5.50. The molecule has 44 heavy (non-hydrogen) atoms. The average Bonchev–Trinajstić information content (AvgIpc) is 3.00. The topological polar surface area (TPSA) is 184 Å². The van der Waals surface area contributed by atoms with E-state index in [0.717, 1.165) is 16.3 Å². The fourth-order valence-corrected chi connectivity index (χ4v) is 5.22. The van der Waals surface area contributed by atoms with E-state index in [1.54, 1.807) is 54.6 Å². The first-order chi connectivity index (χ1) is 21.0. The highest BCUT2D eigenvalue weighted by Crippen LogP contribution is 2.09. The first-order valence-electron chi connectivity index (χ1n) is 13.3. The van der Waals surface area contributed by atoms with Crippen LogP contribution in [-0.4, -0.2) is 35.4 Å². The van der Waals surface area contributed by atoms with Crippen LogP contribution in [-0.2, 0) is 52.1 Å². The molecule has 1 heterocycles. The standard InChI is InChI=1S/C30H30N6O7S/c1-35-17-25(34-44(41,42)20-23-10-6-3-7-11-23)28(38)36(30(35)40)18-26(37)32-16-21-12-14-24(15-13-21)27(31)33-29(39)43-19-22-8-4-2-5-9-22/h2-15,17,34H,16,18-20H2,1H3,(H,32,37)(H2,31,33,39). The van der Waals surface area contributed by atoms with E-state index < -0.39 is 39.8 Å². The Morgan fingerprint density at radius 3 is 2.14 bits per heavy atom. The fraction of sp³-hybridized carbons (Fsp3) is 0.167. The van der Waals surface area contributed by atoms with Gasteiger partial charge in [-0.25, -0.2) is 22.6 Å². The van der Waals surface area contributed by atoms with Gasteiger partial charge in [-0.3, -0.25) is 14.3 Å². The average molecular weight is 619 g/mol. The Morgan fingerprint density at radius 2 is 1.50 bits per heavy atom. The van der Waals surface area contributed by atoms with Crippen molar-refractivity contribution in [3.05, 3.63) is 134 Å². The molecule has 0 aliphatic carbocycles. The number of hydrogen-bond donors (Lipinski definition) is 3. The van der Waals surface area contributed by atoms with E-state index in [1.807, 2.05) is 30.3 Å². The minimum Gasteiger partial charge on any atom is -0.443 e. The molecular formula is C30H30N6O7S. The van der Waals surface area contributed by atoms with Gasteiger partial charge in [0, 0.05) is 25.4 Å². The number of carbonyl (C=O) groups is 2. The highest BCUT2D eigenvalue weighted by atomic mass is 32.2. The molecule has 0 aliphatic heterocycles. The molecule has 0 saturated heterocycles. The normalized spacial score (nSPS) is 11.5. The van der Waals surface area contributed by atoms with Crippen LogP contribution in [0.15, 0.2) is 106 Å². The van der Waals surface area contributed by atoms with Gasteiger partial charge < -0.3 is 20.4 Å². The van der Waals surface area contributed by atoms with E-state index in [0.29, 0.717) is 21.3 Å². The van der Waals surface area contributed by atoms with Crippen LogP contribution in [0.4, 0.5) is 10.5 Å². The number of nitrogens with one attached hydrogen (secondary N) is 2. The zero-order valence-corrected chi connectivity index (χ0v) is 24.5. The molecule has 0 aliphatic rings. The highest BCUT2D eigenvalue weighted by Gasteiger charge is 2.18. The molecule has 0 atom stereocenters. The van der Waals surface area contributed by atoms with Gasteiger partial charge in [-0.1, -0.05) is 84.9 Å². The number of hydrogen-bond acceptors (Lipinski definition) is 7. The number of aromatic nitrogens is 2. The smallest absolute Gasteiger partial charge is 0.435 e. The Balaban J connectivity index is 1.35. The molecule has 0 bridgehead atoms. The summed E-state index contributed by atoms with van der Waals surface area (Å²) in [6.07, 6.45) is 0.235. The lowest BCUT2D eigenvalue weighted by atomic mass is 10.1. The lowest BCUT2D eigenvalue weighted by Gasteiger charge is -2.13. The molecule has 2 amide bonds. The van der Waals surface area contributed by atoms with Crippen molar-refractivity contribution >= 4 is 33.5 Å². The first kappa shape index (κ1) is 31.4. The van der Waals surface area contributed by atoms with E-state index in [2.05, 4.69) is 15.0 Å². The van der Waals surface area contributed by atoms with Crippen molar-refractivity contribution in [3.8, 4) is 0 Å². The van der Waals surface area contributed by atoms with E-state index in [-0.39, 0.29) is 30.4 Å². The van der Waals surface area contributed by atoms with Crippen LogP contribution in [0.2, 0.25) is 0 Å². The maximum absolute atomic E-state index is 13.0. The summed E-state index contributed by atoms with van der Waals surface area (Å²) in [5.74, 6) is -1.08. The van der Waals surface area contributed by atoms with Gasteiger partial charge >= 0.3 is 11.8 Å². The summed E-state index contributed by atoms with van der Waals surface area (Å²) >= 11 is 0. The first-order valence-corrected chi connectivity index (χ1v) is 14.9. The summed E-state index contributed by atoms with van der Waals surface area (Å²) in [6.45, 7) is -0.530. The third-order valence-corrected chi connectivity index (χ3v) is 7.50. The summed E-state index contributed by atoms with van der Waals surface area (Å²) in [7, 11) is -2.65. The van der Waals surface area contributed by atoms with Crippen molar-refractivity contribution < 1.29 is 22.7 Å². The van der Waals surface area contributed by atoms with Crippen LogP contribution in [0.1, 0.15) is 22.3 Å². The molecule has 13 nitrogen and oxygen atoms in total. The predicted octanol–water partition coefficient (Wildman–Crippen LogP) is 1.85. The second-order valence-corrected chi connectivity index (χ2v) is 11.4. The third-order valence-electron chi connectivity index (χ3n) is 6.25. The lowest BCUT2D eigenvalue weighted by Crippen LogP contribution is -2.44. The maximum atomic E-state index is 13.0. The molecule has 1 aromatic heterocycles. The molecule has 14 heteroatoms. The molecule has 4 aromatic rings. The second-order valence-electron chi connectivity index (χ2n) is 9.69. The Bertz CT molecular complexity index is 1890. The third kappa shape index (κ3) is 8.75. The van der Waals surface area contributed by atoms with Crippen molar-refractivity contribution in [2.45, 2.75) is 25.4 Å². The number of aliphatic imine (C=N–C) groups is 1. The number of nitrogens with two attached hydrogens (primary N) is 1. The Labute approximate surface area is 252 Å². The van der Waals surface area contributed by atoms with Gasteiger partial charge in [0.25, 0.3) is 5.56 Å². The van der Waals surface area contributed by atoms with Gasteiger partial charge in [-0.05, 0) is 16.7 Å². The van der Waals surface area contributed by atoms with Crippen LogP contribution in [0, 0.1) is 0 Å². The summed E-state index contributed by atoms with van der Waals surface area (Å²) in [5.41, 5.74) is 6.24. The number of aryl methyl sites for hydroxylation is 1. The molecule has 0 saturated carbocycles. The van der Waals surface area contributed by atoms with E-state index in [4.69, 9.17) is 10.5 Å². The molecule has 4 rings (SSSR count). The predicted molar refractivity (Wildman–Crippen MR) is 164 cm³/mol. The number of carbonyl (C=O) groups excluding carboxylic acids is 2. The second kappa shape index (κ2) is 14.1. The number of anilines is 1. The molecular weight excluding hydrogens is 588 g/mol. The van der Waals surface area contributed by atoms with Crippen LogP contribution < -0.4 is 27.0 Å². The summed E-state index contributed by atoms with van der Waals surface area (Å²) in [6, 6.07) is 24.0. The summed E-state index contributed by atoms with van der Waals surface area (Å²) in [4.78, 5) is 54.0. The molecule has 228 valence electrons. The van der Waals surface area contributed by atoms with Gasteiger partial charge in [0.15, 0.2) is 0 Å². The number of rotatable bonds is 11. The zero-order chi connectivity index (χ0) is 31.7. The molecule has 3 aromatic carbocycles. The fourth-order valence-electron chi connectivity index (χ4n) is 4.04. The van der Waals surface area contributed by atoms with Crippen molar-refractivity contribution in [1.29, 1.82) is 0 Å². The minimum atomic E-state index is -3.98. The Morgan fingerprint density at radius 1 is 0.886 bits per heavy atom. The number of nitrogens with zero attached hydrogens (tertiary/aromatic N) is 3. The molecule has 0 fully saturated rings. The lowest BCUT2D eigenvalue weighted by molar-refractivity contribution is -0.121. The number of benzene rings is 3.